The molecule has 7 nitrogen and oxygen atoms in total. The molecule has 0 unspecified atom stereocenters. The summed E-state index contributed by atoms with van der Waals surface area (Å²) in [5, 5.41) is 11.7. The van der Waals surface area contributed by atoms with Crippen LogP contribution in [0.25, 0.3) is 0 Å². The van der Waals surface area contributed by atoms with Gasteiger partial charge in [-0.1, -0.05) is 0 Å². The van der Waals surface area contributed by atoms with E-state index in [-0.39, 0.29) is 5.97 Å². The lowest BCUT2D eigenvalue weighted by Crippen LogP contribution is -2.18. The van der Waals surface area contributed by atoms with Gasteiger partial charge < -0.3 is 10.1 Å². The number of aryl methyl sites for hydroxylation is 3. The highest BCUT2D eigenvalue weighted by atomic mass is 16.5. The van der Waals surface area contributed by atoms with Gasteiger partial charge in [-0.15, -0.1) is 0 Å². The molecule has 114 valence electrons. The quantitative estimate of drug-likeness (QED) is 0.801. The van der Waals surface area contributed by atoms with Crippen molar-refractivity contribution in [2.45, 2.75) is 26.9 Å². The molecule has 0 aromatic carbocycles. The third kappa shape index (κ3) is 3.49. The van der Waals surface area contributed by atoms with Gasteiger partial charge in [-0.2, -0.15) is 10.2 Å². The smallest absolute Gasteiger partial charge is 0.341 e. The zero-order valence-electron chi connectivity index (χ0n) is 12.9. The van der Waals surface area contributed by atoms with Gasteiger partial charge in [0.1, 0.15) is 5.56 Å². The van der Waals surface area contributed by atoms with Crippen LogP contribution >= 0.6 is 0 Å². The van der Waals surface area contributed by atoms with Crippen molar-refractivity contribution in [2.24, 2.45) is 14.1 Å². The maximum Gasteiger partial charge on any atom is 0.341 e. The lowest BCUT2D eigenvalue weighted by molar-refractivity contribution is 0.0524. The van der Waals surface area contributed by atoms with Crippen molar-refractivity contribution in [2.75, 3.05) is 6.61 Å². The molecule has 0 saturated heterocycles. The summed E-state index contributed by atoms with van der Waals surface area (Å²) in [6.07, 6.45) is 3.53. The summed E-state index contributed by atoms with van der Waals surface area (Å²) in [4.78, 5) is 11.9. The minimum absolute atomic E-state index is 0.333. The normalized spacial score (nSPS) is 10.9. The van der Waals surface area contributed by atoms with E-state index in [4.69, 9.17) is 4.74 Å². The fourth-order valence-corrected chi connectivity index (χ4v) is 2.19. The topological polar surface area (TPSA) is 74.0 Å². The zero-order chi connectivity index (χ0) is 15.4. The van der Waals surface area contributed by atoms with Crippen LogP contribution in [-0.4, -0.2) is 32.1 Å². The largest absolute Gasteiger partial charge is 0.462 e. The predicted octanol–water partition coefficient (Wildman–Crippen LogP) is 0.929. The van der Waals surface area contributed by atoms with Crippen molar-refractivity contribution in [3.63, 3.8) is 0 Å². The summed E-state index contributed by atoms with van der Waals surface area (Å²) in [6.45, 7) is 5.35. The van der Waals surface area contributed by atoms with Crippen molar-refractivity contribution < 1.29 is 9.53 Å². The summed E-state index contributed by atoms with van der Waals surface area (Å²) < 4.78 is 8.52. The van der Waals surface area contributed by atoms with Crippen molar-refractivity contribution in [1.82, 2.24) is 24.9 Å². The average molecular weight is 291 g/mol. The summed E-state index contributed by atoms with van der Waals surface area (Å²) in [7, 11) is 3.71. The Hall–Kier alpha value is -2.15. The molecule has 21 heavy (non-hydrogen) atoms. The van der Waals surface area contributed by atoms with E-state index in [1.54, 1.807) is 22.5 Å². The van der Waals surface area contributed by atoms with Crippen molar-refractivity contribution in [1.29, 1.82) is 0 Å². The van der Waals surface area contributed by atoms with Gasteiger partial charge in [0.2, 0.25) is 0 Å². The highest BCUT2D eigenvalue weighted by Gasteiger charge is 2.16. The van der Waals surface area contributed by atoms with Gasteiger partial charge in [0, 0.05) is 38.9 Å². The standard InChI is InChI=1S/C14H21N5O2/c1-5-21-14(20)12-7-16-19(4)13(12)8-15-6-11-9-18(3)17-10(11)2/h7,9,15H,5-6,8H2,1-4H3. The van der Waals surface area contributed by atoms with E-state index >= 15 is 0 Å². The molecule has 2 rings (SSSR count). The molecule has 7 heteroatoms. The molecule has 0 spiro atoms. The van der Waals surface area contributed by atoms with Crippen LogP contribution in [0.5, 0.6) is 0 Å². The Kier molecular flexibility index (Phi) is 4.74. The Morgan fingerprint density at radius 3 is 2.76 bits per heavy atom. The van der Waals surface area contributed by atoms with E-state index in [1.807, 2.05) is 27.2 Å². The molecule has 0 radical (unpaired) electrons. The molecule has 0 aliphatic carbocycles. The Morgan fingerprint density at radius 1 is 1.38 bits per heavy atom. The van der Waals surface area contributed by atoms with Crippen LogP contribution in [0.4, 0.5) is 0 Å². The van der Waals surface area contributed by atoms with Gasteiger partial charge in [-0.05, 0) is 13.8 Å². The molecule has 0 aliphatic heterocycles. The summed E-state index contributed by atoms with van der Waals surface area (Å²) >= 11 is 0. The minimum atomic E-state index is -0.333. The van der Waals surface area contributed by atoms with Gasteiger partial charge >= 0.3 is 5.97 Å². The molecule has 1 N–H and O–H groups in total. The third-order valence-corrected chi connectivity index (χ3v) is 3.28. The lowest BCUT2D eigenvalue weighted by atomic mass is 10.2. The Morgan fingerprint density at radius 2 is 2.14 bits per heavy atom. The molecule has 2 aromatic heterocycles. The molecule has 0 saturated carbocycles. The van der Waals surface area contributed by atoms with Gasteiger partial charge in [0.25, 0.3) is 0 Å². The number of rotatable bonds is 6. The van der Waals surface area contributed by atoms with Gasteiger partial charge in [0.15, 0.2) is 0 Å². The maximum atomic E-state index is 11.9. The van der Waals surface area contributed by atoms with Crippen LogP contribution in [-0.2, 0) is 31.9 Å². The molecule has 0 atom stereocenters. The SMILES string of the molecule is CCOC(=O)c1cnn(C)c1CNCc1cn(C)nc1C. The minimum Gasteiger partial charge on any atom is -0.462 e. The van der Waals surface area contributed by atoms with E-state index in [9.17, 15) is 4.79 Å². The summed E-state index contributed by atoms with van der Waals surface area (Å²) in [6, 6.07) is 0. The molecule has 0 aliphatic rings. The van der Waals surface area contributed by atoms with Crippen LogP contribution < -0.4 is 5.32 Å². The van der Waals surface area contributed by atoms with E-state index < -0.39 is 0 Å². The number of esters is 1. The first-order chi connectivity index (χ1) is 10.0. The molecular weight excluding hydrogens is 270 g/mol. The second kappa shape index (κ2) is 6.53. The number of hydrogen-bond acceptors (Lipinski definition) is 5. The Labute approximate surface area is 123 Å². The summed E-state index contributed by atoms with van der Waals surface area (Å²) in [5.74, 6) is -0.333. The number of nitrogens with zero attached hydrogens (tertiary/aromatic N) is 4. The molecule has 2 heterocycles. The highest BCUT2D eigenvalue weighted by molar-refractivity contribution is 5.90. The molecule has 0 fully saturated rings. The third-order valence-electron chi connectivity index (χ3n) is 3.28. The molecular formula is C14H21N5O2. The van der Waals surface area contributed by atoms with Crippen LogP contribution in [0.2, 0.25) is 0 Å². The zero-order valence-corrected chi connectivity index (χ0v) is 12.9. The number of nitrogens with one attached hydrogen (secondary N) is 1. The predicted molar refractivity (Wildman–Crippen MR) is 77.7 cm³/mol. The number of carbonyl (C=O) groups excluding carboxylic acids is 1. The number of aromatic nitrogens is 4. The van der Waals surface area contributed by atoms with Crippen molar-refractivity contribution in [3.05, 3.63) is 34.9 Å². The number of hydrogen-bond donors (Lipinski definition) is 1. The number of ether oxygens (including phenoxy) is 1. The fraction of sp³-hybridized carbons (Fsp3) is 0.500. The first kappa shape index (κ1) is 15.2. The Balaban J connectivity index is 2.01. The highest BCUT2D eigenvalue weighted by Crippen LogP contribution is 2.10. The van der Waals surface area contributed by atoms with E-state index in [0.29, 0.717) is 25.3 Å². The second-order valence-corrected chi connectivity index (χ2v) is 4.87. The fourth-order valence-electron chi connectivity index (χ4n) is 2.19. The van der Waals surface area contributed by atoms with Crippen LogP contribution in [0, 0.1) is 6.92 Å². The second-order valence-electron chi connectivity index (χ2n) is 4.87. The average Bonchev–Trinajstić information content (AvgIpc) is 2.94. The van der Waals surface area contributed by atoms with Crippen molar-refractivity contribution >= 4 is 5.97 Å². The van der Waals surface area contributed by atoms with Crippen LogP contribution in [0.15, 0.2) is 12.4 Å². The van der Waals surface area contributed by atoms with Crippen LogP contribution in [0.1, 0.15) is 34.2 Å². The molecule has 2 aromatic rings. The lowest BCUT2D eigenvalue weighted by Gasteiger charge is -2.07. The maximum absolute atomic E-state index is 11.9. The number of carbonyl (C=O) groups is 1. The Bertz CT molecular complexity index is 629. The monoisotopic (exact) mass is 291 g/mol. The van der Waals surface area contributed by atoms with E-state index in [1.165, 1.54) is 0 Å². The van der Waals surface area contributed by atoms with Gasteiger partial charge in [-0.25, -0.2) is 4.79 Å². The first-order valence-corrected chi connectivity index (χ1v) is 6.90. The van der Waals surface area contributed by atoms with Gasteiger partial charge in [-0.3, -0.25) is 9.36 Å². The molecule has 0 bridgehead atoms. The van der Waals surface area contributed by atoms with Crippen LogP contribution in [0.3, 0.4) is 0 Å². The first-order valence-electron chi connectivity index (χ1n) is 6.90. The van der Waals surface area contributed by atoms with E-state index in [0.717, 1.165) is 17.0 Å². The van der Waals surface area contributed by atoms with Gasteiger partial charge in [0.05, 0.1) is 24.2 Å². The summed E-state index contributed by atoms with van der Waals surface area (Å²) in [5.41, 5.74) is 3.46. The van der Waals surface area contributed by atoms with E-state index in [2.05, 4.69) is 15.5 Å². The molecule has 0 amide bonds. The van der Waals surface area contributed by atoms with Crippen molar-refractivity contribution in [3.8, 4) is 0 Å².